The summed E-state index contributed by atoms with van der Waals surface area (Å²) in [5, 5.41) is 3.74. The zero-order chi connectivity index (χ0) is 17.4. The topological polar surface area (TPSA) is 51.2 Å². The summed E-state index contributed by atoms with van der Waals surface area (Å²) in [4.78, 5) is 18.3. The summed E-state index contributed by atoms with van der Waals surface area (Å²) in [6, 6.07) is 6.25. The average Bonchev–Trinajstić information content (AvgIpc) is 3.10. The van der Waals surface area contributed by atoms with Crippen LogP contribution in [0.2, 0.25) is 0 Å². The molecule has 4 rings (SSSR count). The maximum atomic E-state index is 12.3. The number of amides is 1. The largest absolute Gasteiger partial charge is 0.487 e. The maximum absolute atomic E-state index is 12.3. The summed E-state index contributed by atoms with van der Waals surface area (Å²) < 4.78 is 6.09. The van der Waals surface area contributed by atoms with Gasteiger partial charge in [0, 0.05) is 17.7 Å². The standard InChI is InChI=1S/C20H24N2O2S/c1-20(2)12-14-7-5-6-13(18(14)24-20)10-11-17(23)22-19-21-15-8-3-4-9-16(15)25-19/h5-7H,3-4,8-12H2,1-2H3,(H,21,22,23). The van der Waals surface area contributed by atoms with E-state index in [2.05, 4.69) is 42.3 Å². The van der Waals surface area contributed by atoms with Crippen molar-refractivity contribution >= 4 is 22.4 Å². The van der Waals surface area contributed by atoms with Crippen LogP contribution in [-0.2, 0) is 30.5 Å². The Kier molecular flexibility index (Phi) is 4.28. The summed E-state index contributed by atoms with van der Waals surface area (Å²) in [7, 11) is 0. The minimum Gasteiger partial charge on any atom is -0.487 e. The van der Waals surface area contributed by atoms with Crippen molar-refractivity contribution in [1.29, 1.82) is 0 Å². The van der Waals surface area contributed by atoms with Gasteiger partial charge in [-0.1, -0.05) is 18.2 Å². The van der Waals surface area contributed by atoms with Gasteiger partial charge >= 0.3 is 0 Å². The van der Waals surface area contributed by atoms with Crippen molar-refractivity contribution in [2.24, 2.45) is 0 Å². The van der Waals surface area contributed by atoms with E-state index in [0.717, 1.165) is 35.7 Å². The highest BCUT2D eigenvalue weighted by Gasteiger charge is 2.31. The molecule has 5 heteroatoms. The highest BCUT2D eigenvalue weighted by atomic mass is 32.1. The smallest absolute Gasteiger partial charge is 0.226 e. The molecule has 0 saturated heterocycles. The lowest BCUT2D eigenvalue weighted by molar-refractivity contribution is -0.116. The van der Waals surface area contributed by atoms with Crippen molar-refractivity contribution in [2.75, 3.05) is 5.32 Å². The maximum Gasteiger partial charge on any atom is 0.226 e. The molecule has 0 bridgehead atoms. The average molecular weight is 356 g/mol. The Morgan fingerprint density at radius 2 is 2.16 bits per heavy atom. The van der Waals surface area contributed by atoms with E-state index >= 15 is 0 Å². The molecule has 2 heterocycles. The quantitative estimate of drug-likeness (QED) is 0.888. The molecule has 0 unspecified atom stereocenters. The van der Waals surface area contributed by atoms with E-state index in [-0.39, 0.29) is 11.5 Å². The molecule has 132 valence electrons. The third-order valence-electron chi connectivity index (χ3n) is 4.89. The first-order valence-corrected chi connectivity index (χ1v) is 9.90. The van der Waals surface area contributed by atoms with Crippen LogP contribution in [0.15, 0.2) is 18.2 Å². The first kappa shape index (κ1) is 16.6. The van der Waals surface area contributed by atoms with Gasteiger partial charge in [0.05, 0.1) is 5.69 Å². The molecule has 1 aromatic heterocycles. The predicted octanol–water partition coefficient (Wildman–Crippen LogP) is 4.31. The number of aromatic nitrogens is 1. The minimum atomic E-state index is -0.152. The molecular weight excluding hydrogens is 332 g/mol. The lowest BCUT2D eigenvalue weighted by atomic mass is 9.99. The number of rotatable bonds is 4. The fourth-order valence-corrected chi connectivity index (χ4v) is 4.78. The fraction of sp³-hybridized carbons (Fsp3) is 0.500. The van der Waals surface area contributed by atoms with Gasteiger partial charge in [-0.2, -0.15) is 0 Å². The van der Waals surface area contributed by atoms with Crippen LogP contribution >= 0.6 is 11.3 Å². The molecule has 1 aliphatic carbocycles. The molecule has 0 atom stereocenters. The van der Waals surface area contributed by atoms with Gasteiger partial charge in [-0.05, 0) is 57.1 Å². The molecule has 25 heavy (non-hydrogen) atoms. The van der Waals surface area contributed by atoms with Crippen molar-refractivity contribution in [3.8, 4) is 5.75 Å². The second-order valence-corrected chi connectivity index (χ2v) is 8.67. The fourth-order valence-electron chi connectivity index (χ4n) is 3.71. The molecule has 0 radical (unpaired) electrons. The Hall–Kier alpha value is -1.88. The summed E-state index contributed by atoms with van der Waals surface area (Å²) in [6.07, 6.45) is 6.66. The zero-order valence-corrected chi connectivity index (χ0v) is 15.7. The van der Waals surface area contributed by atoms with Crippen LogP contribution in [0.1, 0.15) is 54.8 Å². The highest BCUT2D eigenvalue weighted by molar-refractivity contribution is 7.15. The van der Waals surface area contributed by atoms with Gasteiger partial charge in [0.25, 0.3) is 0 Å². The van der Waals surface area contributed by atoms with E-state index in [4.69, 9.17) is 4.74 Å². The van der Waals surface area contributed by atoms with Gasteiger partial charge < -0.3 is 10.1 Å². The van der Waals surface area contributed by atoms with Crippen LogP contribution in [-0.4, -0.2) is 16.5 Å². The number of aryl methyl sites for hydroxylation is 3. The Labute approximate surface area is 152 Å². The number of nitrogens with one attached hydrogen (secondary N) is 1. The Morgan fingerprint density at radius 3 is 3.00 bits per heavy atom. The van der Waals surface area contributed by atoms with E-state index in [0.29, 0.717) is 12.8 Å². The monoisotopic (exact) mass is 356 g/mol. The number of anilines is 1. The SMILES string of the molecule is CC1(C)Cc2cccc(CCC(=O)Nc3nc4c(s3)CCCC4)c2O1. The number of thiazole rings is 1. The summed E-state index contributed by atoms with van der Waals surface area (Å²) in [6.45, 7) is 4.21. The van der Waals surface area contributed by atoms with Crippen molar-refractivity contribution < 1.29 is 9.53 Å². The van der Waals surface area contributed by atoms with Crippen LogP contribution in [0.5, 0.6) is 5.75 Å². The first-order valence-electron chi connectivity index (χ1n) is 9.08. The molecule has 4 nitrogen and oxygen atoms in total. The number of hydrogen-bond donors (Lipinski definition) is 1. The number of carbonyl (C=O) groups excluding carboxylic acids is 1. The Morgan fingerprint density at radius 1 is 1.32 bits per heavy atom. The normalized spacial score (nSPS) is 17.5. The number of fused-ring (bicyclic) bond motifs is 2. The van der Waals surface area contributed by atoms with Crippen LogP contribution in [0, 0.1) is 0 Å². The summed E-state index contributed by atoms with van der Waals surface area (Å²) in [5.74, 6) is 1.01. The van der Waals surface area contributed by atoms with Crippen molar-refractivity contribution in [1.82, 2.24) is 4.98 Å². The van der Waals surface area contributed by atoms with Gasteiger partial charge in [0.15, 0.2) is 5.13 Å². The number of ether oxygens (including phenoxy) is 1. The lowest BCUT2D eigenvalue weighted by Crippen LogP contribution is -2.25. The van der Waals surface area contributed by atoms with E-state index < -0.39 is 0 Å². The summed E-state index contributed by atoms with van der Waals surface area (Å²) >= 11 is 1.64. The second kappa shape index (κ2) is 6.45. The van der Waals surface area contributed by atoms with Crippen LogP contribution < -0.4 is 10.1 Å². The minimum absolute atomic E-state index is 0.0287. The van der Waals surface area contributed by atoms with E-state index in [1.807, 2.05) is 0 Å². The molecule has 0 spiro atoms. The number of hydrogen-bond acceptors (Lipinski definition) is 4. The van der Waals surface area contributed by atoms with Crippen molar-refractivity contribution in [3.63, 3.8) is 0 Å². The molecule has 1 N–H and O–H groups in total. The lowest BCUT2D eigenvalue weighted by Gasteiger charge is -2.18. The predicted molar refractivity (Wildman–Crippen MR) is 101 cm³/mol. The van der Waals surface area contributed by atoms with Gasteiger partial charge in [-0.15, -0.1) is 11.3 Å². The number of nitrogens with zero attached hydrogens (tertiary/aromatic N) is 1. The second-order valence-electron chi connectivity index (χ2n) is 7.59. The molecule has 0 fully saturated rings. The van der Waals surface area contributed by atoms with Gasteiger partial charge in [0.2, 0.25) is 5.91 Å². The zero-order valence-electron chi connectivity index (χ0n) is 14.9. The molecule has 0 saturated carbocycles. The molecule has 1 aliphatic heterocycles. The molecule has 2 aliphatic rings. The molecule has 1 aromatic carbocycles. The summed E-state index contributed by atoms with van der Waals surface area (Å²) in [5.41, 5.74) is 3.40. The third-order valence-corrected chi connectivity index (χ3v) is 5.96. The number of para-hydroxylation sites is 1. The number of benzene rings is 1. The Bertz CT molecular complexity index is 787. The van der Waals surface area contributed by atoms with Crippen molar-refractivity contribution in [2.45, 2.75) is 64.4 Å². The van der Waals surface area contributed by atoms with E-state index in [9.17, 15) is 4.79 Å². The molecule has 2 aromatic rings. The third kappa shape index (κ3) is 3.56. The Balaban J connectivity index is 1.38. The number of carbonyl (C=O) groups is 1. The van der Waals surface area contributed by atoms with Crippen molar-refractivity contribution in [3.05, 3.63) is 39.9 Å². The van der Waals surface area contributed by atoms with E-state index in [1.165, 1.54) is 29.0 Å². The van der Waals surface area contributed by atoms with Crippen LogP contribution in [0.3, 0.4) is 0 Å². The molecular formula is C20H24N2O2S. The van der Waals surface area contributed by atoms with Crippen LogP contribution in [0.25, 0.3) is 0 Å². The molecule has 1 amide bonds. The first-order chi connectivity index (χ1) is 12.0. The van der Waals surface area contributed by atoms with E-state index in [1.54, 1.807) is 11.3 Å². The van der Waals surface area contributed by atoms with Gasteiger partial charge in [-0.3, -0.25) is 4.79 Å². The van der Waals surface area contributed by atoms with Gasteiger partial charge in [0.1, 0.15) is 11.4 Å². The van der Waals surface area contributed by atoms with Gasteiger partial charge in [-0.25, -0.2) is 4.98 Å². The highest BCUT2D eigenvalue weighted by Crippen LogP contribution is 2.38. The van der Waals surface area contributed by atoms with Crippen LogP contribution in [0.4, 0.5) is 5.13 Å².